The zero-order valence-corrected chi connectivity index (χ0v) is 12.1. The molecule has 0 radical (unpaired) electrons. The van der Waals surface area contributed by atoms with Crippen molar-refractivity contribution in [3.8, 4) is 11.8 Å². The van der Waals surface area contributed by atoms with Crippen LogP contribution < -0.4 is 10.5 Å². The van der Waals surface area contributed by atoms with E-state index in [0.29, 0.717) is 6.54 Å². The molecule has 0 bridgehead atoms. The fourth-order valence-corrected chi connectivity index (χ4v) is 2.44. The Balaban J connectivity index is 2.27. The van der Waals surface area contributed by atoms with E-state index in [1.807, 2.05) is 30.4 Å². The van der Waals surface area contributed by atoms with Crippen molar-refractivity contribution in [3.05, 3.63) is 44.5 Å². The molecule has 104 valence electrons. The molecule has 0 spiro atoms. The second kappa shape index (κ2) is 6.37. The van der Waals surface area contributed by atoms with Crippen molar-refractivity contribution >= 4 is 17.0 Å². The van der Waals surface area contributed by atoms with E-state index in [1.54, 1.807) is 12.3 Å². The zero-order valence-electron chi connectivity index (χ0n) is 11.3. The van der Waals surface area contributed by atoms with Gasteiger partial charge in [-0.2, -0.15) is 5.10 Å². The lowest BCUT2D eigenvalue weighted by molar-refractivity contribution is 0.350. The van der Waals surface area contributed by atoms with Gasteiger partial charge in [-0.3, -0.25) is 4.79 Å². The van der Waals surface area contributed by atoms with Crippen LogP contribution in [0.1, 0.15) is 10.4 Å². The molecule has 20 heavy (non-hydrogen) atoms. The van der Waals surface area contributed by atoms with E-state index in [9.17, 15) is 4.79 Å². The molecule has 0 saturated carbocycles. The van der Waals surface area contributed by atoms with Gasteiger partial charge in [-0.1, -0.05) is 11.8 Å². The van der Waals surface area contributed by atoms with Gasteiger partial charge in [0.1, 0.15) is 6.61 Å². The highest BCUT2D eigenvalue weighted by Crippen LogP contribution is 2.16. The van der Waals surface area contributed by atoms with Gasteiger partial charge in [0, 0.05) is 30.6 Å². The van der Waals surface area contributed by atoms with Gasteiger partial charge in [0.15, 0.2) is 0 Å². The lowest BCUT2D eigenvalue weighted by atomic mass is 10.2. The van der Waals surface area contributed by atoms with Crippen LogP contribution in [0.5, 0.6) is 0 Å². The van der Waals surface area contributed by atoms with Crippen LogP contribution in [0.4, 0.5) is 5.69 Å². The van der Waals surface area contributed by atoms with Crippen LogP contribution >= 0.6 is 11.3 Å². The Hall–Kier alpha value is -2.10. The normalized spacial score (nSPS) is 9.95. The van der Waals surface area contributed by atoms with Crippen molar-refractivity contribution in [2.45, 2.75) is 6.54 Å². The van der Waals surface area contributed by atoms with Crippen molar-refractivity contribution in [1.29, 1.82) is 0 Å². The second-order valence-corrected chi connectivity index (χ2v) is 5.32. The standard InChI is InChI=1S/C14H15N3O2S/c1-16(2)12-8-14(19)17(15-9-12)10-13-11(4-3-6-18)5-7-20-13/h5,7-9,18H,6,10H2,1-2H3. The van der Waals surface area contributed by atoms with E-state index < -0.39 is 0 Å². The molecule has 2 aromatic rings. The SMILES string of the molecule is CN(C)c1cnn(Cc2sccc2C#CCO)c(=O)c1. The third-order valence-corrected chi connectivity index (χ3v) is 3.62. The molecule has 5 nitrogen and oxygen atoms in total. The summed E-state index contributed by atoms with van der Waals surface area (Å²) in [5.41, 5.74) is 1.46. The summed E-state index contributed by atoms with van der Waals surface area (Å²) in [6.45, 7) is 0.213. The van der Waals surface area contributed by atoms with Crippen LogP contribution in [0.25, 0.3) is 0 Å². The molecule has 0 unspecified atom stereocenters. The number of anilines is 1. The first-order chi connectivity index (χ1) is 9.61. The minimum absolute atomic E-state index is 0.148. The van der Waals surface area contributed by atoms with Crippen molar-refractivity contribution in [1.82, 2.24) is 9.78 Å². The van der Waals surface area contributed by atoms with Crippen molar-refractivity contribution < 1.29 is 5.11 Å². The summed E-state index contributed by atoms with van der Waals surface area (Å²) in [5, 5.41) is 14.8. The topological polar surface area (TPSA) is 58.4 Å². The highest BCUT2D eigenvalue weighted by molar-refractivity contribution is 7.10. The van der Waals surface area contributed by atoms with E-state index in [0.717, 1.165) is 16.1 Å². The summed E-state index contributed by atoms with van der Waals surface area (Å²) >= 11 is 1.52. The minimum atomic E-state index is -0.176. The molecule has 0 atom stereocenters. The predicted octanol–water partition coefficient (Wildman–Crippen LogP) is 0.763. The highest BCUT2D eigenvalue weighted by Gasteiger charge is 2.06. The van der Waals surface area contributed by atoms with Crippen LogP contribution in [0.15, 0.2) is 28.5 Å². The number of thiophene rings is 1. The van der Waals surface area contributed by atoms with Crippen LogP contribution in [0.2, 0.25) is 0 Å². The molecule has 2 heterocycles. The Morgan fingerprint density at radius 2 is 2.30 bits per heavy atom. The first-order valence-electron chi connectivity index (χ1n) is 6.02. The first kappa shape index (κ1) is 14.3. The molecule has 2 aromatic heterocycles. The Kier molecular flexibility index (Phi) is 4.56. The molecule has 1 N–H and O–H groups in total. The maximum absolute atomic E-state index is 12.0. The Morgan fingerprint density at radius 1 is 1.50 bits per heavy atom. The lowest BCUT2D eigenvalue weighted by Gasteiger charge is -2.12. The fourth-order valence-electron chi connectivity index (χ4n) is 1.63. The van der Waals surface area contributed by atoms with Gasteiger partial charge in [-0.15, -0.1) is 11.3 Å². The Labute approximate surface area is 121 Å². The molecule has 0 fully saturated rings. The van der Waals surface area contributed by atoms with Crippen LogP contribution in [0.3, 0.4) is 0 Å². The number of aromatic nitrogens is 2. The Bertz CT molecular complexity index is 707. The number of hydrogen-bond acceptors (Lipinski definition) is 5. The van der Waals surface area contributed by atoms with Gasteiger partial charge in [0.05, 0.1) is 18.4 Å². The van der Waals surface area contributed by atoms with E-state index in [2.05, 4.69) is 16.9 Å². The van der Waals surface area contributed by atoms with Crippen LogP contribution in [-0.2, 0) is 6.54 Å². The molecule has 6 heteroatoms. The van der Waals surface area contributed by atoms with Crippen molar-refractivity contribution in [2.75, 3.05) is 25.6 Å². The smallest absolute Gasteiger partial charge is 0.269 e. The number of hydrogen-bond donors (Lipinski definition) is 1. The van der Waals surface area contributed by atoms with Crippen molar-refractivity contribution in [3.63, 3.8) is 0 Å². The summed E-state index contributed by atoms with van der Waals surface area (Å²) in [7, 11) is 3.73. The third kappa shape index (κ3) is 3.26. The van der Waals surface area contributed by atoms with E-state index in [-0.39, 0.29) is 12.2 Å². The van der Waals surface area contributed by atoms with E-state index >= 15 is 0 Å². The summed E-state index contributed by atoms with van der Waals surface area (Å²) in [6.07, 6.45) is 1.66. The van der Waals surface area contributed by atoms with Gasteiger partial charge in [-0.25, -0.2) is 4.68 Å². The molecule has 0 aliphatic rings. The first-order valence-corrected chi connectivity index (χ1v) is 6.90. The molecule has 0 aliphatic heterocycles. The molecule has 0 aromatic carbocycles. The molecule has 0 saturated heterocycles. The number of rotatable bonds is 3. The summed E-state index contributed by atoms with van der Waals surface area (Å²) < 4.78 is 1.41. The number of aliphatic hydroxyl groups is 1. The largest absolute Gasteiger partial charge is 0.384 e. The van der Waals surface area contributed by atoms with Crippen LogP contribution in [-0.4, -0.2) is 35.6 Å². The molecular weight excluding hydrogens is 274 g/mol. The monoisotopic (exact) mass is 289 g/mol. The number of aliphatic hydroxyl groups excluding tert-OH is 1. The number of nitrogens with zero attached hydrogens (tertiary/aromatic N) is 3. The minimum Gasteiger partial charge on any atom is -0.384 e. The Morgan fingerprint density at radius 3 is 2.95 bits per heavy atom. The average molecular weight is 289 g/mol. The molecular formula is C14H15N3O2S. The van der Waals surface area contributed by atoms with Gasteiger partial charge >= 0.3 is 0 Å². The maximum atomic E-state index is 12.0. The maximum Gasteiger partial charge on any atom is 0.269 e. The van der Waals surface area contributed by atoms with Crippen molar-refractivity contribution in [2.24, 2.45) is 0 Å². The quantitative estimate of drug-likeness (QED) is 0.848. The predicted molar refractivity (Wildman–Crippen MR) is 80.2 cm³/mol. The molecule has 0 amide bonds. The van der Waals surface area contributed by atoms with Gasteiger partial charge < -0.3 is 10.0 Å². The summed E-state index contributed by atoms with van der Waals surface area (Å²) in [6, 6.07) is 3.43. The van der Waals surface area contributed by atoms with E-state index in [1.165, 1.54) is 16.0 Å². The highest BCUT2D eigenvalue weighted by atomic mass is 32.1. The van der Waals surface area contributed by atoms with Crippen LogP contribution in [0, 0.1) is 11.8 Å². The van der Waals surface area contributed by atoms with Gasteiger partial charge in [0.25, 0.3) is 5.56 Å². The lowest BCUT2D eigenvalue weighted by Crippen LogP contribution is -2.24. The fraction of sp³-hybridized carbons (Fsp3) is 0.286. The molecule has 0 aliphatic carbocycles. The molecule has 2 rings (SSSR count). The van der Waals surface area contributed by atoms with Gasteiger partial charge in [-0.05, 0) is 11.4 Å². The third-order valence-electron chi connectivity index (χ3n) is 2.71. The van der Waals surface area contributed by atoms with E-state index in [4.69, 9.17) is 5.11 Å². The van der Waals surface area contributed by atoms with Gasteiger partial charge in [0.2, 0.25) is 0 Å². The average Bonchev–Trinajstić information content (AvgIpc) is 2.85. The second-order valence-electron chi connectivity index (χ2n) is 4.32. The zero-order chi connectivity index (χ0) is 14.5. The summed E-state index contributed by atoms with van der Waals surface area (Å²) in [5.74, 6) is 5.48. The summed E-state index contributed by atoms with van der Waals surface area (Å²) in [4.78, 5) is 14.8.